The van der Waals surface area contributed by atoms with Crippen molar-refractivity contribution in [1.29, 1.82) is 0 Å². The smallest absolute Gasteiger partial charge is 0.240 e. The third kappa shape index (κ3) is 3.49. The predicted molar refractivity (Wildman–Crippen MR) is 95.4 cm³/mol. The van der Waals surface area contributed by atoms with Gasteiger partial charge < -0.3 is 0 Å². The number of rotatable bonds is 5. The van der Waals surface area contributed by atoms with Crippen LogP contribution >= 0.6 is 11.3 Å². The molecule has 1 aliphatic carbocycles. The number of hydrogen-bond acceptors (Lipinski definition) is 4. The lowest BCUT2D eigenvalue weighted by Crippen LogP contribution is -2.26. The van der Waals surface area contributed by atoms with Gasteiger partial charge in [-0.1, -0.05) is 30.3 Å². The van der Waals surface area contributed by atoms with Crippen molar-refractivity contribution in [2.75, 3.05) is 0 Å². The van der Waals surface area contributed by atoms with E-state index < -0.39 is 10.0 Å². The van der Waals surface area contributed by atoms with E-state index in [9.17, 15) is 12.8 Å². The van der Waals surface area contributed by atoms with Crippen LogP contribution in [0.4, 0.5) is 4.39 Å². The fourth-order valence-electron chi connectivity index (χ4n) is 2.70. The van der Waals surface area contributed by atoms with Gasteiger partial charge in [-0.3, -0.25) is 0 Å². The van der Waals surface area contributed by atoms with E-state index in [0.717, 1.165) is 21.9 Å². The summed E-state index contributed by atoms with van der Waals surface area (Å²) in [5, 5.41) is 0.875. The number of nitrogens with zero attached hydrogens (tertiary/aromatic N) is 1. The monoisotopic (exact) mass is 374 g/mol. The van der Waals surface area contributed by atoms with Crippen molar-refractivity contribution in [3.63, 3.8) is 0 Å². The van der Waals surface area contributed by atoms with Crippen LogP contribution in [0.25, 0.3) is 10.4 Å². The Labute approximate surface area is 149 Å². The first-order valence-electron chi connectivity index (χ1n) is 7.82. The van der Waals surface area contributed by atoms with Gasteiger partial charge in [-0.25, -0.2) is 22.5 Å². The lowest BCUT2D eigenvalue weighted by atomic mass is 10.2. The van der Waals surface area contributed by atoms with Crippen molar-refractivity contribution >= 4 is 21.4 Å². The second-order valence-electron chi connectivity index (χ2n) is 5.96. The molecule has 0 aliphatic heterocycles. The molecule has 1 aliphatic rings. The van der Waals surface area contributed by atoms with Gasteiger partial charge in [-0.15, -0.1) is 11.3 Å². The highest BCUT2D eigenvalue weighted by molar-refractivity contribution is 7.89. The first-order chi connectivity index (χ1) is 12.0. The second-order valence-corrected chi connectivity index (χ2v) is 8.73. The van der Waals surface area contributed by atoms with Crippen molar-refractivity contribution in [1.82, 2.24) is 9.71 Å². The first kappa shape index (κ1) is 16.4. The van der Waals surface area contributed by atoms with E-state index in [1.54, 1.807) is 42.6 Å². The van der Waals surface area contributed by atoms with Crippen LogP contribution in [-0.2, 0) is 10.0 Å². The molecule has 0 bridgehead atoms. The molecule has 7 heteroatoms. The summed E-state index contributed by atoms with van der Waals surface area (Å²) < 4.78 is 40.8. The number of benzene rings is 2. The third-order valence-electron chi connectivity index (χ3n) is 4.10. The Bertz CT molecular complexity index is 1000. The molecule has 0 radical (unpaired) electrons. The van der Waals surface area contributed by atoms with Gasteiger partial charge in [0.2, 0.25) is 10.0 Å². The van der Waals surface area contributed by atoms with Gasteiger partial charge in [0.1, 0.15) is 5.82 Å². The summed E-state index contributed by atoms with van der Waals surface area (Å²) in [5.74, 6) is -0.210. The van der Waals surface area contributed by atoms with E-state index in [1.165, 1.54) is 23.5 Å². The second kappa shape index (κ2) is 6.33. The van der Waals surface area contributed by atoms with Gasteiger partial charge in [-0.2, -0.15) is 0 Å². The molecule has 1 fully saturated rings. The molecule has 2 atom stereocenters. The maximum absolute atomic E-state index is 13.3. The standard InChI is InChI=1S/C18H15FN2O2S2/c19-13-6-4-5-12(9-13)17-11-20-18(24-17)15-10-16(15)21-25(22,23)14-7-2-1-3-8-14/h1-9,11,15-16,21H,10H2/t15-,16-/m0/s1. The van der Waals surface area contributed by atoms with Crippen LogP contribution < -0.4 is 4.72 Å². The average molecular weight is 374 g/mol. The highest BCUT2D eigenvalue weighted by atomic mass is 32.2. The molecule has 2 aromatic carbocycles. The average Bonchev–Trinajstić information content (AvgIpc) is 3.18. The number of thiazole rings is 1. The minimum atomic E-state index is -3.51. The molecule has 25 heavy (non-hydrogen) atoms. The summed E-state index contributed by atoms with van der Waals surface area (Å²) in [5.41, 5.74) is 0.783. The molecule has 0 amide bonds. The molecule has 1 saturated carbocycles. The van der Waals surface area contributed by atoms with Gasteiger partial charge in [0.05, 0.1) is 14.8 Å². The summed E-state index contributed by atoms with van der Waals surface area (Å²) in [6, 6.07) is 14.6. The largest absolute Gasteiger partial charge is 0.249 e. The predicted octanol–water partition coefficient (Wildman–Crippen LogP) is 3.78. The van der Waals surface area contributed by atoms with E-state index in [-0.39, 0.29) is 22.7 Å². The molecule has 0 saturated heterocycles. The number of nitrogens with one attached hydrogen (secondary N) is 1. The van der Waals surface area contributed by atoms with Gasteiger partial charge >= 0.3 is 0 Å². The molecule has 0 unspecified atom stereocenters. The zero-order valence-corrected chi connectivity index (χ0v) is 14.7. The van der Waals surface area contributed by atoms with Crippen LogP contribution in [0.1, 0.15) is 17.3 Å². The van der Waals surface area contributed by atoms with Crippen LogP contribution in [0.3, 0.4) is 0 Å². The van der Waals surface area contributed by atoms with Crippen molar-refractivity contribution in [2.45, 2.75) is 23.3 Å². The molecule has 4 rings (SSSR count). The molecule has 128 valence electrons. The number of aromatic nitrogens is 1. The third-order valence-corrected chi connectivity index (χ3v) is 6.78. The summed E-state index contributed by atoms with van der Waals surface area (Å²) >= 11 is 1.48. The van der Waals surface area contributed by atoms with Crippen molar-refractivity contribution in [3.8, 4) is 10.4 Å². The normalized spacial score (nSPS) is 19.7. The Morgan fingerprint density at radius 1 is 1.12 bits per heavy atom. The van der Waals surface area contributed by atoms with Gasteiger partial charge in [-0.05, 0) is 36.2 Å². The molecule has 1 N–H and O–H groups in total. The fraction of sp³-hybridized carbons (Fsp3) is 0.167. The summed E-state index contributed by atoms with van der Waals surface area (Å²) in [6.07, 6.45) is 2.44. The Balaban J connectivity index is 1.47. The SMILES string of the molecule is O=S(=O)(N[C@H]1C[C@@H]1c1ncc(-c2cccc(F)c2)s1)c1ccccc1. The number of sulfonamides is 1. The van der Waals surface area contributed by atoms with Gasteiger partial charge in [0.25, 0.3) is 0 Å². The van der Waals surface area contributed by atoms with E-state index in [1.807, 2.05) is 6.07 Å². The Kier molecular flexibility index (Phi) is 4.15. The summed E-state index contributed by atoms with van der Waals surface area (Å²) in [6.45, 7) is 0. The molecule has 1 aromatic heterocycles. The Morgan fingerprint density at radius 2 is 1.92 bits per heavy atom. The topological polar surface area (TPSA) is 59.1 Å². The lowest BCUT2D eigenvalue weighted by molar-refractivity contribution is 0.580. The van der Waals surface area contributed by atoms with Crippen LogP contribution in [0.2, 0.25) is 0 Å². The highest BCUT2D eigenvalue weighted by Gasteiger charge is 2.43. The van der Waals surface area contributed by atoms with E-state index in [2.05, 4.69) is 9.71 Å². The van der Waals surface area contributed by atoms with E-state index in [0.29, 0.717) is 0 Å². The zero-order valence-electron chi connectivity index (χ0n) is 13.1. The van der Waals surface area contributed by atoms with Crippen molar-refractivity contribution in [3.05, 3.63) is 71.6 Å². The van der Waals surface area contributed by atoms with E-state index in [4.69, 9.17) is 0 Å². The first-order valence-corrected chi connectivity index (χ1v) is 10.1. The van der Waals surface area contributed by atoms with Gasteiger partial charge in [0.15, 0.2) is 0 Å². The van der Waals surface area contributed by atoms with E-state index >= 15 is 0 Å². The van der Waals surface area contributed by atoms with Crippen LogP contribution in [0.15, 0.2) is 65.7 Å². The van der Waals surface area contributed by atoms with Crippen molar-refractivity contribution < 1.29 is 12.8 Å². The van der Waals surface area contributed by atoms with Crippen LogP contribution in [0, 0.1) is 5.82 Å². The van der Waals surface area contributed by atoms with Crippen molar-refractivity contribution in [2.24, 2.45) is 0 Å². The lowest BCUT2D eigenvalue weighted by Gasteiger charge is -2.05. The molecule has 4 nitrogen and oxygen atoms in total. The van der Waals surface area contributed by atoms with Gasteiger partial charge in [0, 0.05) is 18.2 Å². The highest BCUT2D eigenvalue weighted by Crippen LogP contribution is 2.44. The molecular weight excluding hydrogens is 359 g/mol. The van der Waals surface area contributed by atoms with Crippen LogP contribution in [0.5, 0.6) is 0 Å². The molecule has 1 heterocycles. The molecular formula is C18H15FN2O2S2. The summed E-state index contributed by atoms with van der Waals surface area (Å²) in [7, 11) is -3.51. The fourth-order valence-corrected chi connectivity index (χ4v) is 5.10. The molecule has 3 aromatic rings. The maximum Gasteiger partial charge on any atom is 0.240 e. The Morgan fingerprint density at radius 3 is 2.68 bits per heavy atom. The number of hydrogen-bond donors (Lipinski definition) is 1. The number of halogens is 1. The summed E-state index contributed by atoms with van der Waals surface area (Å²) in [4.78, 5) is 5.54. The minimum absolute atomic E-state index is 0.0748. The Hall–Kier alpha value is -2.09. The maximum atomic E-state index is 13.3. The zero-order chi connectivity index (χ0) is 17.4. The quantitative estimate of drug-likeness (QED) is 0.739. The van der Waals surface area contributed by atoms with Crippen LogP contribution in [-0.4, -0.2) is 19.4 Å². The minimum Gasteiger partial charge on any atom is -0.249 e. The molecule has 0 spiro atoms.